The molecule has 0 spiro atoms. The maximum atomic E-state index is 11.5. The maximum absolute atomic E-state index is 11.5. The van der Waals surface area contributed by atoms with E-state index in [4.69, 9.17) is 9.84 Å². The molecule has 0 aliphatic heterocycles. The first-order valence-electron chi connectivity index (χ1n) is 12.5. The first-order chi connectivity index (χ1) is 14.1. The smallest absolute Gasteiger partial charge is 0.303 e. The van der Waals surface area contributed by atoms with Crippen molar-refractivity contribution in [1.82, 2.24) is 0 Å². The van der Waals surface area contributed by atoms with E-state index < -0.39 is 5.97 Å². The maximum Gasteiger partial charge on any atom is 0.303 e. The molecule has 0 radical (unpaired) electrons. The predicted octanol–water partition coefficient (Wildman–Crippen LogP) is 6.08. The van der Waals surface area contributed by atoms with Crippen molar-refractivity contribution in [2.45, 2.75) is 104 Å². The molecule has 4 fully saturated rings. The van der Waals surface area contributed by atoms with Crippen molar-refractivity contribution in [2.75, 3.05) is 0 Å². The normalized spacial score (nSPS) is 46.3. The van der Waals surface area contributed by atoms with Crippen molar-refractivity contribution in [3.05, 3.63) is 0 Å². The van der Waals surface area contributed by atoms with Crippen LogP contribution in [0.5, 0.6) is 0 Å². The second-order valence-electron chi connectivity index (χ2n) is 11.8. The molecular weight excluding hydrogens is 376 g/mol. The molecule has 4 unspecified atom stereocenters. The number of rotatable bonds is 5. The fourth-order valence-electron chi connectivity index (χ4n) is 9.09. The Kier molecular flexibility index (Phi) is 6.00. The lowest BCUT2D eigenvalue weighted by Gasteiger charge is -2.61. The van der Waals surface area contributed by atoms with Gasteiger partial charge in [-0.1, -0.05) is 20.8 Å². The number of hydrogen-bond acceptors (Lipinski definition) is 3. The van der Waals surface area contributed by atoms with E-state index in [1.54, 1.807) is 6.92 Å². The van der Waals surface area contributed by atoms with Gasteiger partial charge in [0.2, 0.25) is 0 Å². The highest BCUT2D eigenvalue weighted by Gasteiger charge is 2.60. The second-order valence-corrected chi connectivity index (χ2v) is 11.8. The van der Waals surface area contributed by atoms with Crippen LogP contribution in [0.2, 0.25) is 0 Å². The van der Waals surface area contributed by atoms with E-state index in [1.807, 2.05) is 0 Å². The zero-order valence-corrected chi connectivity index (χ0v) is 19.5. The predicted molar refractivity (Wildman–Crippen MR) is 117 cm³/mol. The van der Waals surface area contributed by atoms with Gasteiger partial charge in [0.05, 0.1) is 0 Å². The largest absolute Gasteiger partial charge is 0.481 e. The van der Waals surface area contributed by atoms with E-state index in [9.17, 15) is 9.59 Å². The van der Waals surface area contributed by atoms with Crippen molar-refractivity contribution in [3.63, 3.8) is 0 Å². The van der Waals surface area contributed by atoms with Crippen LogP contribution >= 0.6 is 0 Å². The summed E-state index contributed by atoms with van der Waals surface area (Å²) in [5, 5.41) is 9.13. The summed E-state index contributed by atoms with van der Waals surface area (Å²) in [6, 6.07) is 0. The quantitative estimate of drug-likeness (QED) is 0.550. The standard InChI is InChI=1S/C26H42O4/c1-16(5-10-24(28)29)21-8-9-22-20-7-6-18-15-19(30-17(2)27)11-13-25(18,3)23(20)12-14-26(21,22)4/h16,18-23H,5-15H2,1-4H3,(H,28,29)/t16-,18-,19+,20?,21?,22?,23?,25+,26-/m1/s1. The van der Waals surface area contributed by atoms with Crippen LogP contribution < -0.4 is 0 Å². The number of carbonyl (C=O) groups is 2. The van der Waals surface area contributed by atoms with E-state index in [0.29, 0.717) is 35.0 Å². The molecule has 4 aliphatic carbocycles. The number of carboxylic acids is 1. The van der Waals surface area contributed by atoms with Crippen molar-refractivity contribution in [3.8, 4) is 0 Å². The molecule has 0 saturated heterocycles. The topological polar surface area (TPSA) is 63.6 Å². The molecule has 30 heavy (non-hydrogen) atoms. The Balaban J connectivity index is 1.47. The first kappa shape index (κ1) is 22.1. The van der Waals surface area contributed by atoms with Crippen LogP contribution in [0.4, 0.5) is 0 Å². The number of aliphatic carboxylic acids is 1. The number of hydrogen-bond donors (Lipinski definition) is 1. The molecule has 1 N–H and O–H groups in total. The van der Waals surface area contributed by atoms with Gasteiger partial charge in [0.1, 0.15) is 6.10 Å². The summed E-state index contributed by atoms with van der Waals surface area (Å²) in [5.74, 6) is 3.60. The average molecular weight is 419 g/mol. The summed E-state index contributed by atoms with van der Waals surface area (Å²) in [7, 11) is 0. The number of ether oxygens (including phenoxy) is 1. The fourth-order valence-corrected chi connectivity index (χ4v) is 9.09. The molecule has 0 aromatic heterocycles. The van der Waals surface area contributed by atoms with Crippen LogP contribution in [0.3, 0.4) is 0 Å². The van der Waals surface area contributed by atoms with Crippen molar-refractivity contribution < 1.29 is 19.4 Å². The molecule has 0 aromatic rings. The summed E-state index contributed by atoms with van der Waals surface area (Å²) in [6.45, 7) is 8.96. The number of carbonyl (C=O) groups excluding carboxylic acids is 1. The third-order valence-electron chi connectivity index (χ3n) is 10.5. The Morgan fingerprint density at radius 1 is 1.00 bits per heavy atom. The number of carboxylic acid groups (broad SMARTS) is 1. The molecule has 0 bridgehead atoms. The van der Waals surface area contributed by atoms with Crippen LogP contribution in [0.15, 0.2) is 0 Å². The molecule has 4 saturated carbocycles. The van der Waals surface area contributed by atoms with Crippen molar-refractivity contribution in [1.29, 1.82) is 0 Å². The molecule has 4 aliphatic rings. The summed E-state index contributed by atoms with van der Waals surface area (Å²) in [5.41, 5.74) is 0.811. The minimum atomic E-state index is -0.652. The van der Waals surface area contributed by atoms with Gasteiger partial charge in [-0.25, -0.2) is 0 Å². The van der Waals surface area contributed by atoms with Crippen LogP contribution in [0.25, 0.3) is 0 Å². The zero-order valence-electron chi connectivity index (χ0n) is 19.5. The van der Waals surface area contributed by atoms with E-state index in [1.165, 1.54) is 44.9 Å². The third-order valence-corrected chi connectivity index (χ3v) is 10.5. The van der Waals surface area contributed by atoms with Gasteiger partial charge in [-0.15, -0.1) is 0 Å². The van der Waals surface area contributed by atoms with Crippen LogP contribution in [0, 0.1) is 46.3 Å². The molecule has 9 atom stereocenters. The Labute approximate surface area is 182 Å². The second kappa shape index (κ2) is 8.13. The van der Waals surface area contributed by atoms with Crippen LogP contribution in [-0.2, 0) is 14.3 Å². The lowest BCUT2D eigenvalue weighted by atomic mass is 9.44. The molecule has 4 nitrogen and oxygen atoms in total. The highest BCUT2D eigenvalue weighted by molar-refractivity contribution is 5.66. The minimum absolute atomic E-state index is 0.125. The van der Waals surface area contributed by atoms with E-state index in [-0.39, 0.29) is 12.1 Å². The zero-order chi connectivity index (χ0) is 21.7. The Bertz CT molecular complexity index is 674. The highest BCUT2D eigenvalue weighted by Crippen LogP contribution is 2.68. The fraction of sp³-hybridized carbons (Fsp3) is 0.923. The van der Waals surface area contributed by atoms with E-state index in [0.717, 1.165) is 37.0 Å². The molecule has 4 heteroatoms. The van der Waals surface area contributed by atoms with Crippen LogP contribution in [-0.4, -0.2) is 23.1 Å². The van der Waals surface area contributed by atoms with Gasteiger partial charge in [-0.3, -0.25) is 9.59 Å². The Hall–Kier alpha value is -1.06. The third kappa shape index (κ3) is 3.71. The van der Waals surface area contributed by atoms with Gasteiger partial charge in [0.25, 0.3) is 0 Å². The van der Waals surface area contributed by atoms with Gasteiger partial charge in [0, 0.05) is 13.3 Å². The van der Waals surface area contributed by atoms with Crippen LogP contribution in [0.1, 0.15) is 98.3 Å². The first-order valence-corrected chi connectivity index (χ1v) is 12.5. The summed E-state index contributed by atoms with van der Waals surface area (Å²) in [6.07, 6.45) is 12.5. The average Bonchev–Trinajstić information content (AvgIpc) is 3.03. The molecular formula is C26H42O4. The lowest BCUT2D eigenvalue weighted by Crippen LogP contribution is -2.54. The monoisotopic (exact) mass is 418 g/mol. The van der Waals surface area contributed by atoms with E-state index >= 15 is 0 Å². The SMILES string of the molecule is CC(=O)O[C@H]1CC[C@]2(C)C3CC[C@@]4(C)C(CCC4[C@H](C)CCC(=O)O)C3CC[C@@H]2C1. The van der Waals surface area contributed by atoms with Gasteiger partial charge < -0.3 is 9.84 Å². The van der Waals surface area contributed by atoms with Crippen molar-refractivity contribution in [2.24, 2.45) is 46.3 Å². The van der Waals surface area contributed by atoms with Gasteiger partial charge >= 0.3 is 11.9 Å². The van der Waals surface area contributed by atoms with Gasteiger partial charge in [-0.05, 0) is 111 Å². The van der Waals surface area contributed by atoms with Gasteiger partial charge in [0.15, 0.2) is 0 Å². The summed E-state index contributed by atoms with van der Waals surface area (Å²) in [4.78, 5) is 22.5. The molecule has 4 rings (SSSR count). The molecule has 0 aromatic carbocycles. The van der Waals surface area contributed by atoms with E-state index in [2.05, 4.69) is 20.8 Å². The van der Waals surface area contributed by atoms with Crippen molar-refractivity contribution >= 4 is 11.9 Å². The van der Waals surface area contributed by atoms with Gasteiger partial charge in [-0.2, -0.15) is 0 Å². The molecule has 170 valence electrons. The molecule has 0 heterocycles. The highest BCUT2D eigenvalue weighted by atomic mass is 16.5. The number of esters is 1. The minimum Gasteiger partial charge on any atom is -0.481 e. The number of fused-ring (bicyclic) bond motifs is 5. The summed E-state index contributed by atoms with van der Waals surface area (Å²) < 4.78 is 5.61. The Morgan fingerprint density at radius 3 is 2.40 bits per heavy atom. The summed E-state index contributed by atoms with van der Waals surface area (Å²) >= 11 is 0. The lowest BCUT2D eigenvalue weighted by molar-refractivity contribution is -0.160. The Morgan fingerprint density at radius 2 is 1.70 bits per heavy atom. The molecule has 0 amide bonds.